The first-order chi connectivity index (χ1) is 14.5. The van der Waals surface area contributed by atoms with Crippen LogP contribution in [-0.2, 0) is 16.0 Å². The summed E-state index contributed by atoms with van der Waals surface area (Å²) in [5.41, 5.74) is 10.3. The Kier molecular flexibility index (Phi) is 5.72. The molecule has 156 valence electrons. The summed E-state index contributed by atoms with van der Waals surface area (Å²) in [6.45, 7) is 0.604. The fourth-order valence-electron chi connectivity index (χ4n) is 4.36. The van der Waals surface area contributed by atoms with Crippen molar-refractivity contribution in [2.24, 2.45) is 5.11 Å². The Morgan fingerprint density at radius 1 is 1.30 bits per heavy atom. The van der Waals surface area contributed by atoms with Crippen LogP contribution < -0.4 is 0 Å². The Balaban J connectivity index is 1.65. The van der Waals surface area contributed by atoms with Crippen molar-refractivity contribution >= 4 is 5.91 Å². The minimum Gasteiger partial charge on any atom is -0.390 e. The molecule has 2 heterocycles. The molecule has 2 aliphatic rings. The third-order valence-corrected chi connectivity index (χ3v) is 5.91. The zero-order chi connectivity index (χ0) is 21.1. The summed E-state index contributed by atoms with van der Waals surface area (Å²) in [4.78, 5) is 18.0. The summed E-state index contributed by atoms with van der Waals surface area (Å²) in [6, 6.07) is 13.8. The van der Waals surface area contributed by atoms with E-state index in [9.17, 15) is 14.3 Å². The molecule has 0 aromatic heterocycles. The highest BCUT2D eigenvalue weighted by Gasteiger charge is 2.42. The standard InChI is InChI=1S/C22H23FN4O3/c23-17-7-5-16(6-8-17)20-18-4-2-1-3-15(18)9-11-27(20)21(28)19-13-22(29,10-12-30-19)14-25-26-24/h1-8,19-20,29H,9-14H2/t19-,20+,22?/m1/s1. The van der Waals surface area contributed by atoms with E-state index in [4.69, 9.17) is 10.3 Å². The number of halogens is 1. The van der Waals surface area contributed by atoms with Crippen LogP contribution in [-0.4, -0.2) is 47.3 Å². The number of carbonyl (C=O) groups excluding carboxylic acids is 1. The van der Waals surface area contributed by atoms with Gasteiger partial charge >= 0.3 is 0 Å². The fraction of sp³-hybridized carbons (Fsp3) is 0.409. The number of aliphatic hydroxyl groups is 1. The Morgan fingerprint density at radius 3 is 2.83 bits per heavy atom. The van der Waals surface area contributed by atoms with Crippen molar-refractivity contribution in [3.05, 3.63) is 81.5 Å². The summed E-state index contributed by atoms with van der Waals surface area (Å²) in [5, 5.41) is 14.2. The van der Waals surface area contributed by atoms with Crippen LogP contribution in [0.25, 0.3) is 10.4 Å². The Labute approximate surface area is 173 Å². The number of nitrogens with zero attached hydrogens (tertiary/aromatic N) is 4. The molecule has 1 amide bonds. The number of benzene rings is 2. The summed E-state index contributed by atoms with van der Waals surface area (Å²) >= 11 is 0. The van der Waals surface area contributed by atoms with Gasteiger partial charge in [0.15, 0.2) is 0 Å². The van der Waals surface area contributed by atoms with Crippen LogP contribution in [0.2, 0.25) is 0 Å². The van der Waals surface area contributed by atoms with Crippen LogP contribution in [0.1, 0.15) is 35.6 Å². The van der Waals surface area contributed by atoms with Gasteiger partial charge in [-0.15, -0.1) is 0 Å². The number of hydrogen-bond donors (Lipinski definition) is 1. The molecule has 2 aliphatic heterocycles. The maximum atomic E-state index is 13.5. The molecule has 1 N–H and O–H groups in total. The van der Waals surface area contributed by atoms with Crippen LogP contribution in [0, 0.1) is 5.82 Å². The van der Waals surface area contributed by atoms with Gasteiger partial charge in [-0.1, -0.05) is 41.5 Å². The summed E-state index contributed by atoms with van der Waals surface area (Å²) in [5.74, 6) is -0.558. The number of ether oxygens (including phenoxy) is 1. The molecule has 8 heteroatoms. The Hall–Kier alpha value is -2.93. The van der Waals surface area contributed by atoms with E-state index in [1.54, 1.807) is 17.0 Å². The van der Waals surface area contributed by atoms with Gasteiger partial charge in [0.25, 0.3) is 5.91 Å². The molecule has 3 atom stereocenters. The van der Waals surface area contributed by atoms with E-state index in [-0.39, 0.29) is 37.3 Å². The molecule has 0 radical (unpaired) electrons. The molecule has 0 aliphatic carbocycles. The SMILES string of the molecule is [N-]=[N+]=NCC1(O)CCO[C@@H](C(=O)N2CCc3ccccc3[C@@H]2c2ccc(F)cc2)C1. The van der Waals surface area contributed by atoms with Crippen LogP contribution in [0.3, 0.4) is 0 Å². The van der Waals surface area contributed by atoms with Crippen LogP contribution >= 0.6 is 0 Å². The molecule has 1 unspecified atom stereocenters. The monoisotopic (exact) mass is 410 g/mol. The lowest BCUT2D eigenvalue weighted by molar-refractivity contribution is -0.160. The van der Waals surface area contributed by atoms with Crippen molar-refractivity contribution in [1.29, 1.82) is 0 Å². The fourth-order valence-corrected chi connectivity index (χ4v) is 4.36. The highest BCUT2D eigenvalue weighted by atomic mass is 19.1. The topological polar surface area (TPSA) is 98.5 Å². The van der Waals surface area contributed by atoms with E-state index >= 15 is 0 Å². The smallest absolute Gasteiger partial charge is 0.252 e. The van der Waals surface area contributed by atoms with Crippen LogP contribution in [0.4, 0.5) is 4.39 Å². The van der Waals surface area contributed by atoms with Gasteiger partial charge < -0.3 is 14.7 Å². The molecular formula is C22H23FN4O3. The normalized spacial score (nSPS) is 25.9. The van der Waals surface area contributed by atoms with Gasteiger partial charge in [-0.2, -0.15) is 0 Å². The predicted octanol–water partition coefficient (Wildman–Crippen LogP) is 3.52. The Morgan fingerprint density at radius 2 is 2.07 bits per heavy atom. The molecule has 0 bridgehead atoms. The number of fused-ring (bicyclic) bond motifs is 1. The largest absolute Gasteiger partial charge is 0.390 e. The number of amides is 1. The second-order valence-electron chi connectivity index (χ2n) is 7.86. The third kappa shape index (κ3) is 4.03. The number of rotatable bonds is 4. The van der Waals surface area contributed by atoms with Gasteiger partial charge in [-0.25, -0.2) is 4.39 Å². The summed E-state index contributed by atoms with van der Waals surface area (Å²) in [6.07, 6.45) is 0.250. The lowest BCUT2D eigenvalue weighted by Crippen LogP contribution is -2.52. The van der Waals surface area contributed by atoms with E-state index in [2.05, 4.69) is 10.0 Å². The van der Waals surface area contributed by atoms with E-state index in [0.29, 0.717) is 19.4 Å². The van der Waals surface area contributed by atoms with E-state index < -0.39 is 11.7 Å². The number of carbonyl (C=O) groups is 1. The van der Waals surface area contributed by atoms with Crippen molar-refractivity contribution in [2.45, 2.75) is 37.0 Å². The second kappa shape index (κ2) is 8.44. The van der Waals surface area contributed by atoms with Gasteiger partial charge in [-0.3, -0.25) is 4.79 Å². The van der Waals surface area contributed by atoms with E-state index in [1.807, 2.05) is 24.3 Å². The van der Waals surface area contributed by atoms with Gasteiger partial charge in [-0.05, 0) is 47.2 Å². The van der Waals surface area contributed by atoms with Crippen molar-refractivity contribution in [2.75, 3.05) is 19.7 Å². The first-order valence-corrected chi connectivity index (χ1v) is 9.99. The van der Waals surface area contributed by atoms with Crippen molar-refractivity contribution in [3.8, 4) is 0 Å². The maximum absolute atomic E-state index is 13.5. The molecule has 30 heavy (non-hydrogen) atoms. The van der Waals surface area contributed by atoms with Gasteiger partial charge in [0.1, 0.15) is 11.9 Å². The highest BCUT2D eigenvalue weighted by molar-refractivity contribution is 5.82. The maximum Gasteiger partial charge on any atom is 0.252 e. The number of hydrogen-bond acceptors (Lipinski definition) is 4. The molecule has 2 aromatic carbocycles. The first kappa shape index (κ1) is 20.3. The van der Waals surface area contributed by atoms with Crippen molar-refractivity contribution in [1.82, 2.24) is 4.90 Å². The van der Waals surface area contributed by atoms with Crippen molar-refractivity contribution < 1.29 is 19.0 Å². The molecule has 1 saturated heterocycles. The van der Waals surface area contributed by atoms with E-state index in [1.165, 1.54) is 12.1 Å². The first-order valence-electron chi connectivity index (χ1n) is 9.99. The highest BCUT2D eigenvalue weighted by Crippen LogP contribution is 2.37. The van der Waals surface area contributed by atoms with Gasteiger partial charge in [0.05, 0.1) is 24.8 Å². The molecular weight excluding hydrogens is 387 g/mol. The van der Waals surface area contributed by atoms with Gasteiger partial charge in [0, 0.05) is 17.9 Å². The molecule has 0 saturated carbocycles. The Bertz CT molecular complexity index is 977. The second-order valence-corrected chi connectivity index (χ2v) is 7.86. The van der Waals surface area contributed by atoms with Crippen LogP contribution in [0.15, 0.2) is 53.6 Å². The predicted molar refractivity (Wildman–Crippen MR) is 108 cm³/mol. The average Bonchev–Trinajstić information content (AvgIpc) is 2.77. The molecule has 7 nitrogen and oxygen atoms in total. The van der Waals surface area contributed by atoms with E-state index in [0.717, 1.165) is 16.7 Å². The number of azide groups is 1. The lowest BCUT2D eigenvalue weighted by Gasteiger charge is -2.42. The molecule has 2 aromatic rings. The minimum absolute atomic E-state index is 0.0686. The summed E-state index contributed by atoms with van der Waals surface area (Å²) < 4.78 is 19.2. The summed E-state index contributed by atoms with van der Waals surface area (Å²) in [7, 11) is 0. The third-order valence-electron chi connectivity index (χ3n) is 5.91. The lowest BCUT2D eigenvalue weighted by atomic mass is 9.86. The van der Waals surface area contributed by atoms with Gasteiger partial charge in [0.2, 0.25) is 0 Å². The molecule has 1 fully saturated rings. The molecule has 4 rings (SSSR count). The van der Waals surface area contributed by atoms with Crippen LogP contribution in [0.5, 0.6) is 0 Å². The molecule has 0 spiro atoms. The quantitative estimate of drug-likeness (QED) is 0.474. The minimum atomic E-state index is -1.26. The van der Waals surface area contributed by atoms with Crippen molar-refractivity contribution in [3.63, 3.8) is 0 Å². The average molecular weight is 410 g/mol. The zero-order valence-electron chi connectivity index (χ0n) is 16.4. The zero-order valence-corrected chi connectivity index (χ0v) is 16.4.